The van der Waals surface area contributed by atoms with E-state index in [1.54, 1.807) is 13.2 Å². The molecule has 1 fully saturated rings. The number of carbonyl (C=O) groups is 1. The Bertz CT molecular complexity index is 528. The van der Waals surface area contributed by atoms with Crippen LogP contribution in [0.5, 0.6) is 5.75 Å². The van der Waals surface area contributed by atoms with Crippen LogP contribution in [0.15, 0.2) is 28.7 Å². The summed E-state index contributed by atoms with van der Waals surface area (Å²) in [6.07, 6.45) is 8.23. The second kappa shape index (κ2) is 7.64. The van der Waals surface area contributed by atoms with Gasteiger partial charge in [0.15, 0.2) is 0 Å². The highest BCUT2D eigenvalue weighted by molar-refractivity contribution is 9.10. The number of amides is 1. The zero-order chi connectivity index (χ0) is 15.2. The van der Waals surface area contributed by atoms with Crippen molar-refractivity contribution in [2.24, 2.45) is 5.92 Å². The number of hydrogen-bond acceptors (Lipinski definition) is 2. The summed E-state index contributed by atoms with van der Waals surface area (Å²) in [5.41, 5.74) is 0.967. The Labute approximate surface area is 134 Å². The van der Waals surface area contributed by atoms with Crippen molar-refractivity contribution in [2.45, 2.75) is 38.6 Å². The Morgan fingerprint density at radius 1 is 1.38 bits per heavy atom. The highest BCUT2D eigenvalue weighted by Gasteiger charge is 2.21. The molecular formula is C17H22BrNO2. The molecule has 1 N–H and O–H groups in total. The van der Waals surface area contributed by atoms with E-state index in [1.807, 2.05) is 24.3 Å². The van der Waals surface area contributed by atoms with E-state index in [2.05, 4.69) is 28.2 Å². The molecule has 2 unspecified atom stereocenters. The predicted octanol–water partition coefficient (Wildman–Crippen LogP) is 4.17. The fourth-order valence-electron chi connectivity index (χ4n) is 2.72. The summed E-state index contributed by atoms with van der Waals surface area (Å²) in [7, 11) is 1.63. The zero-order valence-corrected chi connectivity index (χ0v) is 14.2. The number of hydrogen-bond donors (Lipinski definition) is 1. The first-order valence-corrected chi connectivity index (χ1v) is 8.21. The van der Waals surface area contributed by atoms with Gasteiger partial charge in [0, 0.05) is 12.1 Å². The minimum Gasteiger partial charge on any atom is -0.496 e. The van der Waals surface area contributed by atoms with Crippen LogP contribution in [0.3, 0.4) is 0 Å². The molecule has 3 nitrogen and oxygen atoms in total. The molecule has 21 heavy (non-hydrogen) atoms. The number of methoxy groups -OCH3 is 1. The van der Waals surface area contributed by atoms with Gasteiger partial charge < -0.3 is 10.1 Å². The maximum Gasteiger partial charge on any atom is 0.244 e. The summed E-state index contributed by atoms with van der Waals surface area (Å²) in [4.78, 5) is 12.0. The van der Waals surface area contributed by atoms with E-state index < -0.39 is 0 Å². The van der Waals surface area contributed by atoms with Gasteiger partial charge in [-0.15, -0.1) is 0 Å². The lowest BCUT2D eigenvalue weighted by Crippen LogP contribution is -2.40. The summed E-state index contributed by atoms with van der Waals surface area (Å²) in [6, 6.07) is 6.06. The summed E-state index contributed by atoms with van der Waals surface area (Å²) in [5, 5.41) is 3.11. The largest absolute Gasteiger partial charge is 0.496 e. The van der Waals surface area contributed by atoms with Crippen molar-refractivity contribution in [3.63, 3.8) is 0 Å². The smallest absolute Gasteiger partial charge is 0.244 e. The van der Waals surface area contributed by atoms with Crippen LogP contribution in [0.2, 0.25) is 0 Å². The van der Waals surface area contributed by atoms with Crippen LogP contribution in [0.1, 0.15) is 38.2 Å². The van der Waals surface area contributed by atoms with Crippen LogP contribution >= 0.6 is 15.9 Å². The summed E-state index contributed by atoms with van der Waals surface area (Å²) < 4.78 is 6.07. The van der Waals surface area contributed by atoms with Gasteiger partial charge in [-0.1, -0.05) is 25.8 Å². The Hall–Kier alpha value is -1.29. The Morgan fingerprint density at radius 2 is 2.14 bits per heavy atom. The van der Waals surface area contributed by atoms with Crippen molar-refractivity contribution in [2.75, 3.05) is 7.11 Å². The molecule has 1 aromatic carbocycles. The second-order valence-electron chi connectivity index (χ2n) is 5.60. The lowest BCUT2D eigenvalue weighted by Gasteiger charge is -2.29. The van der Waals surface area contributed by atoms with E-state index >= 15 is 0 Å². The number of halogens is 1. The lowest BCUT2D eigenvalue weighted by molar-refractivity contribution is -0.117. The van der Waals surface area contributed by atoms with Gasteiger partial charge in [-0.3, -0.25) is 4.79 Å². The van der Waals surface area contributed by atoms with E-state index in [1.165, 1.54) is 19.3 Å². The van der Waals surface area contributed by atoms with Crippen molar-refractivity contribution in [1.29, 1.82) is 0 Å². The van der Waals surface area contributed by atoms with E-state index in [0.717, 1.165) is 22.2 Å². The van der Waals surface area contributed by atoms with Crippen molar-refractivity contribution in [3.8, 4) is 5.75 Å². The van der Waals surface area contributed by atoms with Crippen LogP contribution in [0, 0.1) is 5.92 Å². The molecule has 4 heteroatoms. The molecule has 0 saturated heterocycles. The normalized spacial score (nSPS) is 22.2. The molecule has 1 aliphatic rings. The zero-order valence-electron chi connectivity index (χ0n) is 12.6. The van der Waals surface area contributed by atoms with Crippen molar-refractivity contribution in [1.82, 2.24) is 5.32 Å². The van der Waals surface area contributed by atoms with Gasteiger partial charge in [0.25, 0.3) is 0 Å². The molecule has 0 heterocycles. The summed E-state index contributed by atoms with van der Waals surface area (Å²) in [5.74, 6) is 1.35. The molecule has 0 bridgehead atoms. The molecule has 2 rings (SSSR count). The molecule has 0 aromatic heterocycles. The molecule has 2 atom stereocenters. The number of benzene rings is 1. The molecule has 1 saturated carbocycles. The standard InChI is InChI=1S/C17H22BrNO2/c1-12-5-3-4-6-15(12)19-17(20)10-8-13-7-9-16(21-2)14(18)11-13/h7-12,15H,3-6H2,1-2H3,(H,19,20). The summed E-state index contributed by atoms with van der Waals surface area (Å²) >= 11 is 3.44. The molecule has 1 aromatic rings. The van der Waals surface area contributed by atoms with Crippen molar-refractivity contribution >= 4 is 27.9 Å². The van der Waals surface area contributed by atoms with Gasteiger partial charge in [0.2, 0.25) is 5.91 Å². The molecule has 0 spiro atoms. The van der Waals surface area contributed by atoms with E-state index in [4.69, 9.17) is 4.74 Å². The predicted molar refractivity (Wildman–Crippen MR) is 89.3 cm³/mol. The molecule has 1 amide bonds. The maximum atomic E-state index is 12.0. The first-order valence-electron chi connectivity index (χ1n) is 7.42. The SMILES string of the molecule is COc1ccc(C=CC(=O)NC2CCCCC2C)cc1Br. The van der Waals surface area contributed by atoms with Crippen molar-refractivity contribution in [3.05, 3.63) is 34.3 Å². The second-order valence-corrected chi connectivity index (χ2v) is 6.46. The maximum absolute atomic E-state index is 12.0. The van der Waals surface area contributed by atoms with Gasteiger partial charge in [-0.05, 0) is 58.5 Å². The third-order valence-corrected chi connectivity index (χ3v) is 4.66. The lowest BCUT2D eigenvalue weighted by atomic mass is 9.86. The number of carbonyl (C=O) groups excluding carboxylic acids is 1. The topological polar surface area (TPSA) is 38.3 Å². The number of nitrogens with one attached hydrogen (secondary N) is 1. The molecule has 114 valence electrons. The molecule has 0 radical (unpaired) electrons. The van der Waals surface area contributed by atoms with Crippen molar-refractivity contribution < 1.29 is 9.53 Å². The van der Waals surface area contributed by atoms with E-state index in [9.17, 15) is 4.79 Å². The highest BCUT2D eigenvalue weighted by atomic mass is 79.9. The average molecular weight is 352 g/mol. The average Bonchev–Trinajstić information content (AvgIpc) is 2.48. The van der Waals surface area contributed by atoms with Gasteiger partial charge >= 0.3 is 0 Å². The van der Waals surface area contributed by atoms with Crippen LogP contribution in [0.25, 0.3) is 6.08 Å². The van der Waals surface area contributed by atoms with E-state index in [-0.39, 0.29) is 5.91 Å². The third-order valence-electron chi connectivity index (χ3n) is 4.04. The van der Waals surface area contributed by atoms with Gasteiger partial charge in [-0.25, -0.2) is 0 Å². The fourth-order valence-corrected chi connectivity index (χ4v) is 3.28. The number of rotatable bonds is 4. The quantitative estimate of drug-likeness (QED) is 0.826. The summed E-state index contributed by atoms with van der Waals surface area (Å²) in [6.45, 7) is 2.22. The third kappa shape index (κ3) is 4.60. The van der Waals surface area contributed by atoms with Crippen LogP contribution in [-0.4, -0.2) is 19.1 Å². The molecule has 1 aliphatic carbocycles. The van der Waals surface area contributed by atoms with Gasteiger partial charge in [-0.2, -0.15) is 0 Å². The monoisotopic (exact) mass is 351 g/mol. The van der Waals surface area contributed by atoms with Gasteiger partial charge in [0.05, 0.1) is 11.6 Å². The highest BCUT2D eigenvalue weighted by Crippen LogP contribution is 2.26. The van der Waals surface area contributed by atoms with Crippen LogP contribution < -0.4 is 10.1 Å². The first-order chi connectivity index (χ1) is 10.1. The Balaban J connectivity index is 1.94. The molecule has 0 aliphatic heterocycles. The Morgan fingerprint density at radius 3 is 2.81 bits per heavy atom. The molecular weight excluding hydrogens is 330 g/mol. The minimum atomic E-state index is -0.0132. The van der Waals surface area contributed by atoms with Crippen LogP contribution in [-0.2, 0) is 4.79 Å². The minimum absolute atomic E-state index is 0.0132. The van der Waals surface area contributed by atoms with Crippen LogP contribution in [0.4, 0.5) is 0 Å². The van der Waals surface area contributed by atoms with E-state index in [0.29, 0.717) is 12.0 Å². The number of ether oxygens (including phenoxy) is 1. The first kappa shape index (κ1) is 16.1. The Kier molecular flexibility index (Phi) is 5.85. The van der Waals surface area contributed by atoms with Gasteiger partial charge in [0.1, 0.15) is 5.75 Å². The fraction of sp³-hybridized carbons (Fsp3) is 0.471.